The van der Waals surface area contributed by atoms with Crippen LogP contribution in [0.25, 0.3) is 11.4 Å². The summed E-state index contributed by atoms with van der Waals surface area (Å²) >= 11 is 5.96. The predicted octanol–water partition coefficient (Wildman–Crippen LogP) is 4.89. The Hall–Kier alpha value is -3.92. The number of amides is 1. The van der Waals surface area contributed by atoms with Crippen molar-refractivity contribution >= 4 is 17.5 Å². The monoisotopic (exact) mass is 518 g/mol. The molecule has 0 aliphatic heterocycles. The Morgan fingerprint density at radius 3 is 2.42 bits per heavy atom. The summed E-state index contributed by atoms with van der Waals surface area (Å²) in [6, 6.07) is 17.0. The maximum Gasteiger partial charge on any atom is 0.416 e. The number of benzene rings is 3. The fourth-order valence-corrected chi connectivity index (χ4v) is 3.67. The molecule has 0 spiro atoms. The second-order valence-corrected chi connectivity index (χ2v) is 8.36. The molecule has 0 unspecified atom stereocenters. The molecule has 1 heterocycles. The highest BCUT2D eigenvalue weighted by Gasteiger charge is 2.30. The summed E-state index contributed by atoms with van der Waals surface area (Å²) in [5.41, 5.74) is -0.459. The Morgan fingerprint density at radius 2 is 1.72 bits per heavy atom. The van der Waals surface area contributed by atoms with Gasteiger partial charge in [0.25, 0.3) is 0 Å². The summed E-state index contributed by atoms with van der Waals surface area (Å²) in [4.78, 5) is 25.6. The van der Waals surface area contributed by atoms with E-state index < -0.39 is 35.7 Å². The first-order valence-electron chi connectivity index (χ1n) is 10.7. The van der Waals surface area contributed by atoms with Crippen LogP contribution in [0.5, 0.6) is 0 Å². The molecule has 6 nitrogen and oxygen atoms in total. The van der Waals surface area contributed by atoms with Gasteiger partial charge in [-0.1, -0.05) is 41.9 Å². The van der Waals surface area contributed by atoms with Gasteiger partial charge < -0.3 is 5.32 Å². The summed E-state index contributed by atoms with van der Waals surface area (Å²) in [7, 11) is 0. The molecule has 0 saturated heterocycles. The molecule has 4 aromatic rings. The van der Waals surface area contributed by atoms with Crippen molar-refractivity contribution in [3.05, 3.63) is 111 Å². The topological polar surface area (TPSA) is 68.9 Å². The van der Waals surface area contributed by atoms with Gasteiger partial charge in [-0.25, -0.2) is 13.9 Å². The van der Waals surface area contributed by atoms with E-state index in [1.54, 1.807) is 30.3 Å². The summed E-state index contributed by atoms with van der Waals surface area (Å²) in [5, 5.41) is 7.23. The third-order valence-electron chi connectivity index (χ3n) is 5.35. The third-order valence-corrected chi connectivity index (χ3v) is 5.60. The largest absolute Gasteiger partial charge is 0.416 e. The van der Waals surface area contributed by atoms with Crippen LogP contribution in [0.3, 0.4) is 0 Å². The van der Waals surface area contributed by atoms with Crippen molar-refractivity contribution in [2.75, 3.05) is 0 Å². The average molecular weight is 519 g/mol. The Balaban J connectivity index is 1.57. The van der Waals surface area contributed by atoms with E-state index in [4.69, 9.17) is 11.6 Å². The zero-order valence-electron chi connectivity index (χ0n) is 18.6. The van der Waals surface area contributed by atoms with Crippen molar-refractivity contribution in [1.29, 1.82) is 0 Å². The van der Waals surface area contributed by atoms with E-state index in [-0.39, 0.29) is 30.0 Å². The van der Waals surface area contributed by atoms with Crippen LogP contribution in [0.2, 0.25) is 5.02 Å². The first-order chi connectivity index (χ1) is 17.1. The van der Waals surface area contributed by atoms with Gasteiger partial charge in [-0.15, -0.1) is 5.10 Å². The first kappa shape index (κ1) is 25.2. The van der Waals surface area contributed by atoms with E-state index in [0.29, 0.717) is 10.6 Å². The second kappa shape index (κ2) is 10.4. The molecule has 1 N–H and O–H groups in total. The minimum atomic E-state index is -4.50. The fraction of sp³-hybridized carbons (Fsp3) is 0.160. The van der Waals surface area contributed by atoms with Crippen LogP contribution in [-0.2, 0) is 30.6 Å². The zero-order valence-corrected chi connectivity index (χ0v) is 19.4. The number of alkyl halides is 3. The lowest BCUT2D eigenvalue weighted by Gasteiger charge is -2.09. The van der Waals surface area contributed by atoms with Gasteiger partial charge in [0, 0.05) is 22.7 Å². The molecule has 0 fully saturated rings. The highest BCUT2D eigenvalue weighted by atomic mass is 35.5. The Bertz CT molecular complexity index is 1450. The number of hydrogen-bond acceptors (Lipinski definition) is 3. The quantitative estimate of drug-likeness (QED) is 0.354. The van der Waals surface area contributed by atoms with Crippen molar-refractivity contribution in [3.63, 3.8) is 0 Å². The smallest absolute Gasteiger partial charge is 0.350 e. The number of halogens is 5. The van der Waals surface area contributed by atoms with Crippen molar-refractivity contribution in [2.24, 2.45) is 0 Å². The SMILES string of the molecule is O=C(Cn1nc(-c2ccc(Cl)cc2)n(Cc2ccccc2F)c1=O)NCc1cccc(C(F)(F)F)c1. The molecule has 3 aromatic carbocycles. The lowest BCUT2D eigenvalue weighted by Crippen LogP contribution is -2.33. The number of aromatic nitrogens is 3. The average Bonchev–Trinajstić information content (AvgIpc) is 3.14. The van der Waals surface area contributed by atoms with Gasteiger partial charge in [0.05, 0.1) is 12.1 Å². The molecule has 0 aliphatic carbocycles. The number of hydrogen-bond donors (Lipinski definition) is 1. The van der Waals surface area contributed by atoms with Gasteiger partial charge in [0.1, 0.15) is 12.4 Å². The maximum atomic E-state index is 14.3. The molecule has 36 heavy (non-hydrogen) atoms. The van der Waals surface area contributed by atoms with E-state index in [2.05, 4.69) is 10.4 Å². The van der Waals surface area contributed by atoms with Gasteiger partial charge in [0.2, 0.25) is 5.91 Å². The minimum Gasteiger partial charge on any atom is -0.350 e. The number of nitrogens with zero attached hydrogens (tertiary/aromatic N) is 3. The highest BCUT2D eigenvalue weighted by Crippen LogP contribution is 2.29. The van der Waals surface area contributed by atoms with Crippen molar-refractivity contribution in [2.45, 2.75) is 25.8 Å². The Morgan fingerprint density at radius 1 is 1.00 bits per heavy atom. The van der Waals surface area contributed by atoms with E-state index in [9.17, 15) is 27.2 Å². The normalized spacial score (nSPS) is 11.5. The summed E-state index contributed by atoms with van der Waals surface area (Å²) in [6.45, 7) is -0.782. The van der Waals surface area contributed by atoms with Gasteiger partial charge in [0.15, 0.2) is 5.82 Å². The van der Waals surface area contributed by atoms with Gasteiger partial charge in [-0.3, -0.25) is 9.36 Å². The maximum absolute atomic E-state index is 14.3. The van der Waals surface area contributed by atoms with Crippen LogP contribution in [0, 0.1) is 5.82 Å². The van der Waals surface area contributed by atoms with Crippen molar-refractivity contribution < 1.29 is 22.4 Å². The molecule has 0 radical (unpaired) electrons. The first-order valence-corrected chi connectivity index (χ1v) is 11.1. The molecule has 11 heteroatoms. The predicted molar refractivity (Wildman–Crippen MR) is 126 cm³/mol. The van der Waals surface area contributed by atoms with Gasteiger partial charge >= 0.3 is 11.9 Å². The van der Waals surface area contributed by atoms with Crippen LogP contribution in [0.4, 0.5) is 17.6 Å². The molecule has 1 aromatic heterocycles. The number of rotatable bonds is 7. The molecule has 186 valence electrons. The van der Waals surface area contributed by atoms with Crippen LogP contribution in [0.15, 0.2) is 77.6 Å². The fourth-order valence-electron chi connectivity index (χ4n) is 3.55. The molecule has 0 bridgehead atoms. The lowest BCUT2D eigenvalue weighted by molar-refractivity contribution is -0.137. The molecule has 0 aliphatic rings. The van der Waals surface area contributed by atoms with Crippen LogP contribution < -0.4 is 11.0 Å². The molecular weight excluding hydrogens is 500 g/mol. The standard InChI is InChI=1S/C25H19ClF4N4O2/c26-20-10-8-17(9-11-20)23-32-34(24(36)33(23)14-18-5-1-2-7-21(18)27)15-22(35)31-13-16-4-3-6-19(12-16)25(28,29)30/h1-12H,13-15H2,(H,31,35). The van der Waals surface area contributed by atoms with E-state index in [1.807, 2.05) is 0 Å². The summed E-state index contributed by atoms with van der Waals surface area (Å²) < 4.78 is 55.2. The Kier molecular flexibility index (Phi) is 7.25. The number of carbonyl (C=O) groups excluding carboxylic acids is 1. The van der Waals surface area contributed by atoms with Gasteiger partial charge in [-0.05, 0) is 48.0 Å². The summed E-state index contributed by atoms with van der Waals surface area (Å²) in [5.74, 6) is -0.934. The van der Waals surface area contributed by atoms with Crippen LogP contribution in [-0.4, -0.2) is 20.3 Å². The minimum absolute atomic E-state index is 0.130. The highest BCUT2D eigenvalue weighted by molar-refractivity contribution is 6.30. The third kappa shape index (κ3) is 5.83. The molecule has 1 amide bonds. The molecule has 0 saturated carbocycles. The van der Waals surface area contributed by atoms with E-state index in [0.717, 1.165) is 16.8 Å². The van der Waals surface area contributed by atoms with E-state index in [1.165, 1.54) is 34.9 Å². The molecule has 0 atom stereocenters. The molecule has 4 rings (SSSR count). The van der Waals surface area contributed by atoms with Crippen molar-refractivity contribution in [3.8, 4) is 11.4 Å². The Labute approximate surface area is 207 Å². The number of nitrogens with one attached hydrogen (secondary N) is 1. The summed E-state index contributed by atoms with van der Waals surface area (Å²) in [6.07, 6.45) is -4.50. The van der Waals surface area contributed by atoms with E-state index >= 15 is 0 Å². The zero-order chi connectivity index (χ0) is 25.9. The van der Waals surface area contributed by atoms with Crippen LogP contribution in [0.1, 0.15) is 16.7 Å². The van der Waals surface area contributed by atoms with Crippen molar-refractivity contribution in [1.82, 2.24) is 19.7 Å². The number of carbonyl (C=O) groups is 1. The lowest BCUT2D eigenvalue weighted by atomic mass is 10.1. The second-order valence-electron chi connectivity index (χ2n) is 7.92. The van der Waals surface area contributed by atoms with Gasteiger partial charge in [-0.2, -0.15) is 13.2 Å². The molecular formula is C25H19ClF4N4O2. The van der Waals surface area contributed by atoms with Crippen LogP contribution >= 0.6 is 11.6 Å².